The van der Waals surface area contributed by atoms with Crippen molar-refractivity contribution in [3.05, 3.63) is 30.6 Å². The second-order valence-corrected chi connectivity index (χ2v) is 6.12. The molecule has 1 aliphatic heterocycles. The molecule has 0 atom stereocenters. The van der Waals surface area contributed by atoms with Gasteiger partial charge < -0.3 is 9.88 Å². The monoisotopic (exact) mass is 326 g/mol. The lowest BCUT2D eigenvalue weighted by Crippen LogP contribution is -2.31. The SMILES string of the molecule is CCn1cc(CN2CCCN(c3ncnc4nc[nH]c34)CC2)cn1. The summed E-state index contributed by atoms with van der Waals surface area (Å²) in [5, 5.41) is 4.37. The maximum Gasteiger partial charge on any atom is 0.182 e. The van der Waals surface area contributed by atoms with Crippen molar-refractivity contribution in [2.24, 2.45) is 0 Å². The van der Waals surface area contributed by atoms with Gasteiger partial charge in [-0.25, -0.2) is 15.0 Å². The molecule has 24 heavy (non-hydrogen) atoms. The van der Waals surface area contributed by atoms with Crippen LogP contribution in [-0.2, 0) is 13.1 Å². The average molecular weight is 326 g/mol. The van der Waals surface area contributed by atoms with Gasteiger partial charge in [-0.1, -0.05) is 0 Å². The van der Waals surface area contributed by atoms with Crippen LogP contribution in [0.25, 0.3) is 11.2 Å². The van der Waals surface area contributed by atoms with E-state index in [-0.39, 0.29) is 0 Å². The lowest BCUT2D eigenvalue weighted by molar-refractivity contribution is 0.285. The highest BCUT2D eigenvalue weighted by atomic mass is 15.3. The fourth-order valence-electron chi connectivity index (χ4n) is 3.25. The predicted molar refractivity (Wildman–Crippen MR) is 91.7 cm³/mol. The lowest BCUT2D eigenvalue weighted by Gasteiger charge is -2.22. The van der Waals surface area contributed by atoms with E-state index < -0.39 is 0 Å². The van der Waals surface area contributed by atoms with E-state index in [1.807, 2.05) is 10.9 Å². The van der Waals surface area contributed by atoms with Crippen molar-refractivity contribution in [2.75, 3.05) is 31.1 Å². The first-order valence-electron chi connectivity index (χ1n) is 8.46. The van der Waals surface area contributed by atoms with Gasteiger partial charge in [-0.3, -0.25) is 9.58 Å². The van der Waals surface area contributed by atoms with E-state index >= 15 is 0 Å². The fourth-order valence-corrected chi connectivity index (χ4v) is 3.25. The maximum absolute atomic E-state index is 4.48. The minimum atomic E-state index is 0.730. The first-order valence-corrected chi connectivity index (χ1v) is 8.46. The summed E-state index contributed by atoms with van der Waals surface area (Å²) >= 11 is 0. The predicted octanol–water partition coefficient (Wildman–Crippen LogP) is 1.28. The van der Waals surface area contributed by atoms with E-state index in [1.165, 1.54) is 5.56 Å². The molecule has 4 rings (SSSR count). The summed E-state index contributed by atoms with van der Waals surface area (Å²) in [6, 6.07) is 0. The number of hydrogen-bond donors (Lipinski definition) is 1. The molecule has 0 aromatic carbocycles. The number of H-pyrrole nitrogens is 1. The van der Waals surface area contributed by atoms with Crippen molar-refractivity contribution >= 4 is 17.0 Å². The number of aromatic nitrogens is 6. The molecular formula is C16H22N8. The summed E-state index contributed by atoms with van der Waals surface area (Å²) in [6.07, 6.45) is 8.51. The normalized spacial score (nSPS) is 16.6. The molecule has 1 fully saturated rings. The van der Waals surface area contributed by atoms with E-state index in [0.29, 0.717) is 0 Å². The van der Waals surface area contributed by atoms with Crippen LogP contribution in [0.2, 0.25) is 0 Å². The first kappa shape index (κ1) is 15.1. The summed E-state index contributed by atoms with van der Waals surface area (Å²) in [5.74, 6) is 0.957. The number of aryl methyl sites for hydroxylation is 1. The van der Waals surface area contributed by atoms with Crippen LogP contribution >= 0.6 is 0 Å². The molecule has 0 spiro atoms. The van der Waals surface area contributed by atoms with Gasteiger partial charge in [0.05, 0.1) is 12.5 Å². The Kier molecular flexibility index (Phi) is 4.12. The van der Waals surface area contributed by atoms with Crippen molar-refractivity contribution in [1.82, 2.24) is 34.6 Å². The lowest BCUT2D eigenvalue weighted by atomic mass is 10.3. The fraction of sp³-hybridized carbons (Fsp3) is 0.500. The standard InChI is InChI=1S/C16H22N8/c1-2-24-10-13(8-21-24)9-22-4-3-5-23(7-6-22)16-14-15(18-11-17-14)19-12-20-16/h8,10-12H,2-7,9H2,1H3,(H,17,18,19,20). The Bertz CT molecular complexity index is 807. The Morgan fingerprint density at radius 1 is 1.12 bits per heavy atom. The molecule has 3 aromatic heterocycles. The van der Waals surface area contributed by atoms with Gasteiger partial charge in [-0.2, -0.15) is 5.10 Å². The van der Waals surface area contributed by atoms with Crippen molar-refractivity contribution < 1.29 is 0 Å². The van der Waals surface area contributed by atoms with Gasteiger partial charge in [0.15, 0.2) is 11.5 Å². The number of hydrogen-bond acceptors (Lipinski definition) is 6. The van der Waals surface area contributed by atoms with Crippen LogP contribution in [-0.4, -0.2) is 60.8 Å². The van der Waals surface area contributed by atoms with Gasteiger partial charge in [-0.05, 0) is 13.3 Å². The summed E-state index contributed by atoms with van der Waals surface area (Å²) in [7, 11) is 0. The largest absolute Gasteiger partial charge is 0.353 e. The summed E-state index contributed by atoms with van der Waals surface area (Å²) in [6.45, 7) is 8.03. The first-order chi connectivity index (χ1) is 11.8. The number of aromatic amines is 1. The zero-order valence-electron chi connectivity index (χ0n) is 13.9. The molecule has 0 bridgehead atoms. The smallest absolute Gasteiger partial charge is 0.182 e. The second-order valence-electron chi connectivity index (χ2n) is 6.12. The van der Waals surface area contributed by atoms with Gasteiger partial charge >= 0.3 is 0 Å². The molecule has 4 heterocycles. The number of imidazole rings is 1. The van der Waals surface area contributed by atoms with E-state index in [9.17, 15) is 0 Å². The Morgan fingerprint density at radius 2 is 2.08 bits per heavy atom. The summed E-state index contributed by atoms with van der Waals surface area (Å²) in [5.41, 5.74) is 2.94. The quantitative estimate of drug-likeness (QED) is 0.778. The van der Waals surface area contributed by atoms with E-state index in [1.54, 1.807) is 12.7 Å². The van der Waals surface area contributed by atoms with Crippen LogP contribution in [0.4, 0.5) is 5.82 Å². The minimum Gasteiger partial charge on any atom is -0.353 e. The van der Waals surface area contributed by atoms with Crippen molar-refractivity contribution in [2.45, 2.75) is 26.4 Å². The van der Waals surface area contributed by atoms with E-state index in [0.717, 1.165) is 62.7 Å². The molecule has 0 amide bonds. The molecule has 0 aliphatic carbocycles. The van der Waals surface area contributed by atoms with Gasteiger partial charge in [0, 0.05) is 51.0 Å². The van der Waals surface area contributed by atoms with Crippen LogP contribution in [0.15, 0.2) is 25.0 Å². The van der Waals surface area contributed by atoms with Crippen molar-refractivity contribution in [3.8, 4) is 0 Å². The second kappa shape index (κ2) is 6.56. The zero-order valence-corrected chi connectivity index (χ0v) is 13.9. The van der Waals surface area contributed by atoms with Crippen LogP contribution in [0.1, 0.15) is 18.9 Å². The number of fused-ring (bicyclic) bond motifs is 1. The summed E-state index contributed by atoms with van der Waals surface area (Å²) < 4.78 is 1.98. The maximum atomic E-state index is 4.48. The molecule has 8 nitrogen and oxygen atoms in total. The molecule has 0 saturated carbocycles. The average Bonchev–Trinajstić information content (AvgIpc) is 3.20. The minimum absolute atomic E-state index is 0.730. The third kappa shape index (κ3) is 2.96. The molecular weight excluding hydrogens is 304 g/mol. The topological polar surface area (TPSA) is 78.8 Å². The highest BCUT2D eigenvalue weighted by molar-refractivity contribution is 5.82. The molecule has 1 aliphatic rings. The van der Waals surface area contributed by atoms with Crippen LogP contribution in [0.5, 0.6) is 0 Å². The number of nitrogens with one attached hydrogen (secondary N) is 1. The molecule has 8 heteroatoms. The van der Waals surface area contributed by atoms with Gasteiger partial charge in [0.25, 0.3) is 0 Å². The molecule has 1 saturated heterocycles. The van der Waals surface area contributed by atoms with E-state index in [4.69, 9.17) is 0 Å². The number of nitrogens with zero attached hydrogens (tertiary/aromatic N) is 7. The Balaban J connectivity index is 1.45. The Hall–Kier alpha value is -2.48. The Labute approximate surface area is 140 Å². The molecule has 0 unspecified atom stereocenters. The number of anilines is 1. The van der Waals surface area contributed by atoms with Gasteiger partial charge in [0.2, 0.25) is 0 Å². The summed E-state index contributed by atoms with van der Waals surface area (Å²) in [4.78, 5) is 20.9. The highest BCUT2D eigenvalue weighted by Crippen LogP contribution is 2.21. The van der Waals surface area contributed by atoms with Gasteiger partial charge in [-0.15, -0.1) is 0 Å². The third-order valence-electron chi connectivity index (χ3n) is 4.51. The molecule has 0 radical (unpaired) electrons. The zero-order chi connectivity index (χ0) is 16.4. The van der Waals surface area contributed by atoms with E-state index in [2.05, 4.69) is 48.0 Å². The van der Waals surface area contributed by atoms with Crippen molar-refractivity contribution in [3.63, 3.8) is 0 Å². The van der Waals surface area contributed by atoms with Crippen LogP contribution in [0, 0.1) is 0 Å². The Morgan fingerprint density at radius 3 is 2.96 bits per heavy atom. The number of rotatable bonds is 4. The highest BCUT2D eigenvalue weighted by Gasteiger charge is 2.19. The van der Waals surface area contributed by atoms with Crippen molar-refractivity contribution in [1.29, 1.82) is 0 Å². The molecule has 1 N–H and O–H groups in total. The van der Waals surface area contributed by atoms with Crippen LogP contribution < -0.4 is 4.90 Å². The van der Waals surface area contributed by atoms with Gasteiger partial charge in [0.1, 0.15) is 11.8 Å². The third-order valence-corrected chi connectivity index (χ3v) is 4.51. The molecule has 126 valence electrons. The molecule has 3 aromatic rings. The van der Waals surface area contributed by atoms with Crippen LogP contribution in [0.3, 0.4) is 0 Å².